The third kappa shape index (κ3) is 7.07. The van der Waals surface area contributed by atoms with Crippen LogP contribution in [-0.4, -0.2) is 57.9 Å². The first kappa shape index (κ1) is 31.7. The molecule has 0 fully saturated rings. The first-order valence-corrected chi connectivity index (χ1v) is 14.0. The number of anilines is 2. The maximum Gasteiger partial charge on any atom is 0.260 e. The molecule has 3 N–H and O–H groups in total. The van der Waals surface area contributed by atoms with Crippen molar-refractivity contribution in [2.45, 2.75) is 26.8 Å². The molecule has 226 valence electrons. The average Bonchev–Trinajstić information content (AvgIpc) is 3.00. The molecule has 0 radical (unpaired) electrons. The van der Waals surface area contributed by atoms with Gasteiger partial charge >= 0.3 is 0 Å². The molecule has 43 heavy (non-hydrogen) atoms. The lowest BCUT2D eigenvalue weighted by atomic mass is 9.95. The summed E-state index contributed by atoms with van der Waals surface area (Å²) in [6.07, 6.45) is 4.67. The largest absolute Gasteiger partial charge is 0.495 e. The van der Waals surface area contributed by atoms with Crippen LogP contribution in [0.2, 0.25) is 10.0 Å². The van der Waals surface area contributed by atoms with Crippen LogP contribution in [0.1, 0.15) is 19.5 Å². The summed E-state index contributed by atoms with van der Waals surface area (Å²) in [7, 11) is 2.91. The van der Waals surface area contributed by atoms with Crippen LogP contribution in [0, 0.1) is 5.41 Å². The first-order chi connectivity index (χ1) is 20.5. The van der Waals surface area contributed by atoms with E-state index in [1.165, 1.54) is 31.1 Å². The number of nitrogens with one attached hydrogen (secondary N) is 2. The van der Waals surface area contributed by atoms with E-state index in [1.807, 2.05) is 13.8 Å². The molecule has 0 spiro atoms. The Kier molecular flexibility index (Phi) is 9.90. The van der Waals surface area contributed by atoms with Crippen LogP contribution in [0.25, 0.3) is 22.2 Å². The van der Waals surface area contributed by atoms with Crippen molar-refractivity contribution in [2.75, 3.05) is 38.0 Å². The second kappa shape index (κ2) is 13.4. The van der Waals surface area contributed by atoms with Gasteiger partial charge < -0.3 is 25.2 Å². The molecule has 0 atom stereocenters. The molecule has 0 aliphatic rings. The Bertz CT molecular complexity index is 1700. The van der Waals surface area contributed by atoms with Crippen molar-refractivity contribution in [1.29, 1.82) is 0 Å². The second-order valence-corrected chi connectivity index (χ2v) is 11.2. The summed E-state index contributed by atoms with van der Waals surface area (Å²) < 4.78 is 12.4. The Labute approximate surface area is 258 Å². The normalized spacial score (nSPS) is 11.3. The van der Waals surface area contributed by atoms with Crippen molar-refractivity contribution in [3.05, 3.63) is 75.4 Å². The van der Waals surface area contributed by atoms with Gasteiger partial charge in [-0.25, -0.2) is 4.98 Å². The minimum atomic E-state index is -0.413. The zero-order valence-corrected chi connectivity index (χ0v) is 25.7. The summed E-state index contributed by atoms with van der Waals surface area (Å²) in [4.78, 5) is 39.3. The van der Waals surface area contributed by atoms with Crippen molar-refractivity contribution in [1.82, 2.24) is 19.5 Å². The van der Waals surface area contributed by atoms with E-state index < -0.39 is 11.0 Å². The monoisotopic (exact) mass is 626 g/mol. The molecule has 3 aromatic heterocycles. The molecular weight excluding hydrogens is 595 g/mol. The number of nitrogens with zero attached hydrogens (tertiary/aromatic N) is 4. The number of carbonyl (C=O) groups is 1. The van der Waals surface area contributed by atoms with E-state index >= 15 is 0 Å². The van der Waals surface area contributed by atoms with Crippen LogP contribution in [0.15, 0.2) is 54.1 Å². The Morgan fingerprint density at radius 2 is 1.81 bits per heavy atom. The average molecular weight is 628 g/mol. The van der Waals surface area contributed by atoms with Gasteiger partial charge in [0.15, 0.2) is 0 Å². The molecule has 11 nitrogen and oxygen atoms in total. The Morgan fingerprint density at radius 3 is 2.40 bits per heavy atom. The number of fused-ring (bicyclic) bond motifs is 1. The number of methoxy groups -OCH3 is 2. The number of aromatic nitrogens is 4. The minimum Gasteiger partial charge on any atom is -0.495 e. The molecule has 0 unspecified atom stereocenters. The summed E-state index contributed by atoms with van der Waals surface area (Å²) in [5, 5.41) is 16.3. The summed E-state index contributed by atoms with van der Waals surface area (Å²) >= 11 is 13.4. The summed E-state index contributed by atoms with van der Waals surface area (Å²) in [6.45, 7) is 7.82. The minimum absolute atomic E-state index is 0.0315. The van der Waals surface area contributed by atoms with E-state index in [-0.39, 0.29) is 40.2 Å². The number of aliphatic hydroxyl groups is 1. The number of ether oxygens (including phenoxy) is 2. The Hall–Kier alpha value is -4.19. The molecule has 1 amide bonds. The molecule has 4 aromatic rings. The lowest BCUT2D eigenvalue weighted by Crippen LogP contribution is -2.28. The van der Waals surface area contributed by atoms with Crippen molar-refractivity contribution in [3.63, 3.8) is 0 Å². The van der Waals surface area contributed by atoms with Gasteiger partial charge in [-0.1, -0.05) is 43.6 Å². The molecule has 0 saturated carbocycles. The van der Waals surface area contributed by atoms with Crippen LogP contribution in [0.3, 0.4) is 0 Å². The number of benzene rings is 1. The second-order valence-electron chi connectivity index (χ2n) is 10.4. The molecule has 1 aromatic carbocycles. The van der Waals surface area contributed by atoms with Crippen LogP contribution < -0.4 is 25.7 Å². The Morgan fingerprint density at radius 1 is 1.12 bits per heavy atom. The van der Waals surface area contributed by atoms with Crippen LogP contribution in [-0.2, 0) is 17.8 Å². The van der Waals surface area contributed by atoms with Crippen LogP contribution in [0.4, 0.5) is 11.6 Å². The summed E-state index contributed by atoms with van der Waals surface area (Å²) in [6, 6.07) is 6.66. The number of aliphatic hydroxyl groups excluding tert-OH is 1. The van der Waals surface area contributed by atoms with E-state index in [0.29, 0.717) is 52.8 Å². The lowest BCUT2D eigenvalue weighted by molar-refractivity contribution is -0.111. The number of carbonyl (C=O) groups excluding carboxylic acids is 1. The van der Waals surface area contributed by atoms with Crippen LogP contribution >= 0.6 is 23.2 Å². The predicted octanol–water partition coefficient (Wildman–Crippen LogP) is 4.98. The highest BCUT2D eigenvalue weighted by Crippen LogP contribution is 2.45. The van der Waals surface area contributed by atoms with Gasteiger partial charge in [0.05, 0.1) is 41.7 Å². The van der Waals surface area contributed by atoms with Gasteiger partial charge in [-0.2, -0.15) is 4.98 Å². The summed E-state index contributed by atoms with van der Waals surface area (Å²) in [5.41, 5.74) is 1.23. The van der Waals surface area contributed by atoms with Crippen molar-refractivity contribution in [3.8, 4) is 22.6 Å². The van der Waals surface area contributed by atoms with E-state index in [4.69, 9.17) is 32.7 Å². The highest BCUT2D eigenvalue weighted by atomic mass is 35.5. The fraction of sp³-hybridized carbons (Fsp3) is 0.300. The van der Waals surface area contributed by atoms with Crippen LogP contribution in [0.5, 0.6) is 11.5 Å². The molecule has 0 bridgehead atoms. The molecule has 13 heteroatoms. The molecule has 0 aliphatic carbocycles. The molecule has 0 aliphatic heterocycles. The van der Waals surface area contributed by atoms with Crippen molar-refractivity contribution >= 4 is 51.8 Å². The van der Waals surface area contributed by atoms with E-state index in [2.05, 4.69) is 32.2 Å². The number of pyridine rings is 2. The van der Waals surface area contributed by atoms with Gasteiger partial charge in [0, 0.05) is 60.4 Å². The van der Waals surface area contributed by atoms with E-state index in [1.54, 1.807) is 30.5 Å². The fourth-order valence-electron chi connectivity index (χ4n) is 4.19. The molecule has 3 heterocycles. The lowest BCUT2D eigenvalue weighted by Gasteiger charge is -2.22. The predicted molar refractivity (Wildman–Crippen MR) is 168 cm³/mol. The molecule has 0 saturated heterocycles. The number of halogens is 2. The van der Waals surface area contributed by atoms with Gasteiger partial charge in [0.1, 0.15) is 17.1 Å². The third-order valence-electron chi connectivity index (χ3n) is 6.69. The van der Waals surface area contributed by atoms with Gasteiger partial charge in [-0.15, -0.1) is 0 Å². The maximum atomic E-state index is 14.2. The zero-order valence-electron chi connectivity index (χ0n) is 24.2. The summed E-state index contributed by atoms with van der Waals surface area (Å²) in [5.74, 6) is 0.537. The fourth-order valence-corrected chi connectivity index (χ4v) is 4.90. The topological polar surface area (TPSA) is 140 Å². The first-order valence-electron chi connectivity index (χ1n) is 13.3. The smallest absolute Gasteiger partial charge is 0.260 e. The van der Waals surface area contributed by atoms with E-state index in [9.17, 15) is 14.7 Å². The quantitative estimate of drug-likeness (QED) is 0.186. The Balaban J connectivity index is 1.83. The number of amides is 1. The van der Waals surface area contributed by atoms with Gasteiger partial charge in [-0.05, 0) is 24.3 Å². The van der Waals surface area contributed by atoms with Crippen molar-refractivity contribution in [2.24, 2.45) is 5.41 Å². The van der Waals surface area contributed by atoms with Gasteiger partial charge in [0.25, 0.3) is 5.56 Å². The molecule has 4 rings (SSSR count). The number of rotatable bonds is 12. The SMILES string of the molecule is C=CC(=O)Nc1ccc(CCn2c(=O)c(-c3c(Cl)c(OC)cc(OC)c3Cl)cc3cnc(NCC(C)(C)CO)nc32)nc1. The third-order valence-corrected chi connectivity index (χ3v) is 7.44. The highest BCUT2D eigenvalue weighted by molar-refractivity contribution is 6.41. The zero-order chi connectivity index (χ0) is 31.3. The van der Waals surface area contributed by atoms with Crippen molar-refractivity contribution < 1.29 is 19.4 Å². The number of aryl methyl sites for hydroxylation is 2. The van der Waals surface area contributed by atoms with Gasteiger partial charge in [-0.3, -0.25) is 19.1 Å². The van der Waals surface area contributed by atoms with E-state index in [0.717, 1.165) is 0 Å². The molecular formula is C30H32Cl2N6O5. The van der Waals surface area contributed by atoms with Gasteiger partial charge in [0.2, 0.25) is 11.9 Å². The highest BCUT2D eigenvalue weighted by Gasteiger charge is 2.24. The standard InChI is InChI=1S/C30H32Cl2N6O5/c1-6-23(40)36-19-8-7-18(33-14-19)9-10-38-27-17(13-34-29(37-27)35-15-30(2,3)16-39)11-20(28(38)41)24-25(31)21(42-4)12-22(43-5)26(24)32/h6-8,11-14,39H,1,9-10,15-16H2,2-5H3,(H,36,40)(H,34,35,37). The number of hydrogen-bond donors (Lipinski definition) is 3. The number of hydrogen-bond acceptors (Lipinski definition) is 9. The maximum absolute atomic E-state index is 14.2.